The Morgan fingerprint density at radius 3 is 1.93 bits per heavy atom. The maximum Gasteiger partial charge on any atom is 0.119 e. The molecule has 3 aromatic rings. The van der Waals surface area contributed by atoms with E-state index in [9.17, 15) is 0 Å². The molecule has 146 valence electrons. The molecule has 0 unspecified atom stereocenters. The lowest BCUT2D eigenvalue weighted by atomic mass is 10.0. The molecule has 3 rings (SSSR count). The molecule has 0 saturated heterocycles. The van der Waals surface area contributed by atoms with Crippen LogP contribution in [0.2, 0.25) is 0 Å². The molecule has 1 heterocycles. The minimum Gasteiger partial charge on any atom is -0.494 e. The number of hydrogen-bond donors (Lipinski definition) is 0. The molecular weight excluding hydrogens is 342 g/mol. The number of aryl methyl sites for hydroxylation is 3. The van der Waals surface area contributed by atoms with E-state index >= 15 is 0 Å². The van der Waals surface area contributed by atoms with Crippen LogP contribution in [0.25, 0.3) is 11.1 Å². The van der Waals surface area contributed by atoms with Crippen LogP contribution in [-0.2, 0) is 19.3 Å². The summed E-state index contributed by atoms with van der Waals surface area (Å²) in [6.07, 6.45) is 8.57. The van der Waals surface area contributed by atoms with Crippen molar-refractivity contribution in [2.24, 2.45) is 0 Å². The summed E-state index contributed by atoms with van der Waals surface area (Å²) < 4.78 is 5.75. The van der Waals surface area contributed by atoms with Crippen LogP contribution in [0.1, 0.15) is 49.9 Å². The molecule has 0 spiro atoms. The molecule has 0 radical (unpaired) electrons. The first kappa shape index (κ1) is 20.1. The van der Waals surface area contributed by atoms with Crippen LogP contribution >= 0.6 is 0 Å². The highest BCUT2D eigenvalue weighted by atomic mass is 16.5. The first-order valence-electron chi connectivity index (χ1n) is 10.5. The van der Waals surface area contributed by atoms with Gasteiger partial charge in [-0.15, -0.1) is 0 Å². The van der Waals surface area contributed by atoms with Gasteiger partial charge in [0.25, 0.3) is 0 Å². The van der Waals surface area contributed by atoms with E-state index in [-0.39, 0.29) is 0 Å². The third kappa shape index (κ3) is 5.95. The average molecular weight is 374 g/mol. The topological polar surface area (TPSA) is 22.1 Å². The van der Waals surface area contributed by atoms with Crippen molar-refractivity contribution in [2.45, 2.75) is 52.4 Å². The molecule has 0 aliphatic heterocycles. The zero-order valence-electron chi connectivity index (χ0n) is 17.2. The van der Waals surface area contributed by atoms with E-state index < -0.39 is 0 Å². The molecule has 0 aliphatic carbocycles. The lowest BCUT2D eigenvalue weighted by Crippen LogP contribution is -1.96. The van der Waals surface area contributed by atoms with E-state index in [0.29, 0.717) is 0 Å². The van der Waals surface area contributed by atoms with Crippen molar-refractivity contribution >= 4 is 0 Å². The van der Waals surface area contributed by atoms with Gasteiger partial charge in [-0.2, -0.15) is 0 Å². The fourth-order valence-corrected chi connectivity index (χ4v) is 3.24. The summed E-state index contributed by atoms with van der Waals surface area (Å²) in [5.41, 5.74) is 6.33. The monoisotopic (exact) mass is 373 g/mol. The largest absolute Gasteiger partial charge is 0.494 e. The number of pyridine rings is 1. The van der Waals surface area contributed by atoms with E-state index in [0.717, 1.165) is 50.9 Å². The molecule has 0 bridgehead atoms. The molecule has 0 amide bonds. The molecule has 0 N–H and O–H groups in total. The molecule has 0 saturated carbocycles. The van der Waals surface area contributed by atoms with Crippen molar-refractivity contribution < 1.29 is 4.74 Å². The number of hydrogen-bond acceptors (Lipinski definition) is 2. The van der Waals surface area contributed by atoms with Crippen LogP contribution in [-0.4, -0.2) is 11.6 Å². The number of ether oxygens (including phenoxy) is 1. The molecule has 28 heavy (non-hydrogen) atoms. The molecule has 0 atom stereocenters. The van der Waals surface area contributed by atoms with E-state index in [4.69, 9.17) is 4.74 Å². The second-order valence-corrected chi connectivity index (χ2v) is 7.33. The van der Waals surface area contributed by atoms with Crippen molar-refractivity contribution in [3.63, 3.8) is 0 Å². The van der Waals surface area contributed by atoms with Crippen LogP contribution in [0.3, 0.4) is 0 Å². The molecule has 0 aliphatic rings. The Labute approximate surface area is 169 Å². The van der Waals surface area contributed by atoms with Gasteiger partial charge in [-0.05, 0) is 66.1 Å². The van der Waals surface area contributed by atoms with Crippen molar-refractivity contribution in [1.29, 1.82) is 0 Å². The van der Waals surface area contributed by atoms with E-state index in [1.807, 2.05) is 6.20 Å². The highest BCUT2D eigenvalue weighted by Crippen LogP contribution is 2.23. The van der Waals surface area contributed by atoms with Gasteiger partial charge in [-0.25, -0.2) is 0 Å². The van der Waals surface area contributed by atoms with Crippen molar-refractivity contribution in [3.05, 3.63) is 83.7 Å². The molecule has 0 fully saturated rings. The highest BCUT2D eigenvalue weighted by Gasteiger charge is 2.02. The Morgan fingerprint density at radius 2 is 1.32 bits per heavy atom. The molecule has 1 aromatic heterocycles. The zero-order valence-corrected chi connectivity index (χ0v) is 17.2. The summed E-state index contributed by atoms with van der Waals surface area (Å²) in [5.74, 6) is 0.951. The maximum absolute atomic E-state index is 5.75. The molecular formula is C26H31NO. The zero-order chi connectivity index (χ0) is 19.6. The molecule has 2 heteroatoms. The summed E-state index contributed by atoms with van der Waals surface area (Å²) >= 11 is 0. The van der Waals surface area contributed by atoms with Gasteiger partial charge in [-0.1, -0.05) is 69.2 Å². The Kier molecular flexibility index (Phi) is 7.66. The summed E-state index contributed by atoms with van der Waals surface area (Å²) in [6, 6.07) is 21.7. The second kappa shape index (κ2) is 10.7. The number of benzene rings is 2. The average Bonchev–Trinajstić information content (AvgIpc) is 2.75. The Bertz CT molecular complexity index is 820. The number of rotatable bonds is 10. The van der Waals surface area contributed by atoms with Crippen LogP contribution in [0.4, 0.5) is 0 Å². The van der Waals surface area contributed by atoms with Gasteiger partial charge < -0.3 is 4.74 Å². The van der Waals surface area contributed by atoms with Crippen LogP contribution < -0.4 is 4.74 Å². The van der Waals surface area contributed by atoms with Gasteiger partial charge >= 0.3 is 0 Å². The summed E-state index contributed by atoms with van der Waals surface area (Å²) in [4.78, 5) is 4.55. The third-order valence-electron chi connectivity index (χ3n) is 5.00. The van der Waals surface area contributed by atoms with Crippen molar-refractivity contribution in [3.8, 4) is 16.9 Å². The van der Waals surface area contributed by atoms with Gasteiger partial charge in [0.15, 0.2) is 0 Å². The van der Waals surface area contributed by atoms with Gasteiger partial charge in [0.05, 0.1) is 6.61 Å². The number of aromatic nitrogens is 1. The lowest BCUT2D eigenvalue weighted by Gasteiger charge is -2.08. The van der Waals surface area contributed by atoms with Gasteiger partial charge in [0.2, 0.25) is 0 Å². The smallest absolute Gasteiger partial charge is 0.119 e. The third-order valence-corrected chi connectivity index (χ3v) is 5.00. The van der Waals surface area contributed by atoms with Crippen LogP contribution in [0.5, 0.6) is 5.75 Å². The first-order chi connectivity index (χ1) is 13.8. The maximum atomic E-state index is 5.75. The Hall–Kier alpha value is -2.61. The van der Waals surface area contributed by atoms with E-state index in [2.05, 4.69) is 79.5 Å². The predicted octanol–water partition coefficient (Wildman–Crippen LogP) is 6.67. The van der Waals surface area contributed by atoms with E-state index in [1.165, 1.54) is 27.9 Å². The van der Waals surface area contributed by atoms with Gasteiger partial charge in [0.1, 0.15) is 5.75 Å². The summed E-state index contributed by atoms with van der Waals surface area (Å²) in [6.45, 7) is 5.16. The minimum atomic E-state index is 0.793. The second-order valence-electron chi connectivity index (χ2n) is 7.33. The standard InChI is InChI=1S/C26H31NO/c1-3-5-19-28-26-17-14-24(15-18-26)23-12-9-21(10-13-23)7-8-22-11-16-25(6-4-2)27-20-22/h9-18,20H,3-8,19H2,1-2H3. The van der Waals surface area contributed by atoms with Crippen molar-refractivity contribution in [1.82, 2.24) is 4.98 Å². The number of nitrogens with zero attached hydrogens (tertiary/aromatic N) is 1. The van der Waals surface area contributed by atoms with Gasteiger partial charge in [0, 0.05) is 11.9 Å². The minimum absolute atomic E-state index is 0.793. The Balaban J connectivity index is 1.54. The first-order valence-corrected chi connectivity index (χ1v) is 10.5. The normalized spacial score (nSPS) is 10.8. The van der Waals surface area contributed by atoms with Crippen LogP contribution in [0, 0.1) is 0 Å². The number of unbranched alkanes of at least 4 members (excludes halogenated alkanes) is 1. The van der Waals surface area contributed by atoms with Gasteiger partial charge in [-0.3, -0.25) is 4.98 Å². The quantitative estimate of drug-likeness (QED) is 0.370. The Morgan fingerprint density at radius 1 is 0.679 bits per heavy atom. The SMILES string of the molecule is CCCCOc1ccc(-c2ccc(CCc3ccc(CCC)nc3)cc2)cc1. The fourth-order valence-electron chi connectivity index (χ4n) is 3.24. The van der Waals surface area contributed by atoms with E-state index in [1.54, 1.807) is 0 Å². The predicted molar refractivity (Wildman–Crippen MR) is 118 cm³/mol. The summed E-state index contributed by atoms with van der Waals surface area (Å²) in [7, 11) is 0. The molecule has 2 aromatic carbocycles. The van der Waals surface area contributed by atoms with Crippen molar-refractivity contribution in [2.75, 3.05) is 6.61 Å². The lowest BCUT2D eigenvalue weighted by molar-refractivity contribution is 0.309. The molecule has 2 nitrogen and oxygen atoms in total. The van der Waals surface area contributed by atoms with Crippen LogP contribution in [0.15, 0.2) is 66.9 Å². The highest BCUT2D eigenvalue weighted by molar-refractivity contribution is 5.64. The summed E-state index contributed by atoms with van der Waals surface area (Å²) in [5, 5.41) is 0. The fraction of sp³-hybridized carbons (Fsp3) is 0.346.